The Morgan fingerprint density at radius 3 is 2.76 bits per heavy atom. The molecular formula is C13H17ClFNO. The summed E-state index contributed by atoms with van der Waals surface area (Å²) in [5.74, 6) is 0.734. The normalized spacial score (nSPS) is 17.1. The quantitative estimate of drug-likeness (QED) is 0.899. The molecule has 0 bridgehead atoms. The molecule has 1 fully saturated rings. The van der Waals surface area contributed by atoms with Crippen LogP contribution in [0.4, 0.5) is 4.39 Å². The van der Waals surface area contributed by atoms with E-state index in [1.54, 1.807) is 6.07 Å². The van der Waals surface area contributed by atoms with E-state index >= 15 is 0 Å². The van der Waals surface area contributed by atoms with Crippen LogP contribution >= 0.6 is 11.6 Å². The smallest absolute Gasteiger partial charge is 0.140 e. The first-order valence-corrected chi connectivity index (χ1v) is 6.31. The number of hydrogen-bond acceptors (Lipinski definition) is 2. The molecular weight excluding hydrogens is 241 g/mol. The lowest BCUT2D eigenvalue weighted by atomic mass is 9.91. The molecule has 17 heavy (non-hydrogen) atoms. The van der Waals surface area contributed by atoms with E-state index < -0.39 is 0 Å². The minimum Gasteiger partial charge on any atom is -0.495 e. The maximum Gasteiger partial charge on any atom is 0.140 e. The van der Waals surface area contributed by atoms with E-state index in [-0.39, 0.29) is 5.82 Å². The van der Waals surface area contributed by atoms with Crippen LogP contribution in [0.15, 0.2) is 12.1 Å². The van der Waals surface area contributed by atoms with Gasteiger partial charge in [-0.1, -0.05) is 11.6 Å². The molecule has 0 saturated carbocycles. The van der Waals surface area contributed by atoms with Crippen molar-refractivity contribution in [1.29, 1.82) is 0 Å². The van der Waals surface area contributed by atoms with Crippen LogP contribution in [0.25, 0.3) is 0 Å². The molecule has 1 N–H and O–H groups in total. The molecule has 0 aliphatic carbocycles. The van der Waals surface area contributed by atoms with Crippen molar-refractivity contribution in [2.75, 3.05) is 20.2 Å². The number of nitrogens with one attached hydrogen (secondary N) is 1. The highest BCUT2D eigenvalue weighted by Gasteiger charge is 2.17. The molecule has 0 amide bonds. The fraction of sp³-hybridized carbons (Fsp3) is 0.538. The highest BCUT2D eigenvalue weighted by molar-refractivity contribution is 6.32. The highest BCUT2D eigenvalue weighted by atomic mass is 35.5. The van der Waals surface area contributed by atoms with Gasteiger partial charge in [0.1, 0.15) is 11.6 Å². The molecule has 4 heteroatoms. The molecule has 1 aliphatic heterocycles. The monoisotopic (exact) mass is 257 g/mol. The van der Waals surface area contributed by atoms with E-state index in [0.717, 1.165) is 32.4 Å². The number of halogens is 2. The van der Waals surface area contributed by atoms with Gasteiger partial charge in [0.25, 0.3) is 0 Å². The Balaban J connectivity index is 2.12. The molecule has 0 aromatic heterocycles. The standard InChI is InChI=1S/C13H17ClFNO/c1-17-13-8-12(15)10(7-11(13)14)6-9-2-4-16-5-3-9/h7-9,16H,2-6H2,1H3. The SMILES string of the molecule is COc1cc(F)c(CC2CCNCC2)cc1Cl. The highest BCUT2D eigenvalue weighted by Crippen LogP contribution is 2.29. The predicted molar refractivity (Wildman–Crippen MR) is 67.3 cm³/mol. The molecule has 1 aromatic rings. The van der Waals surface area contributed by atoms with E-state index in [2.05, 4.69) is 5.32 Å². The second-order valence-electron chi connectivity index (χ2n) is 4.48. The van der Waals surface area contributed by atoms with Gasteiger partial charge >= 0.3 is 0 Å². The zero-order valence-electron chi connectivity index (χ0n) is 9.93. The number of rotatable bonds is 3. The minimum absolute atomic E-state index is 0.218. The zero-order valence-corrected chi connectivity index (χ0v) is 10.7. The van der Waals surface area contributed by atoms with Gasteiger partial charge in [0.15, 0.2) is 0 Å². The summed E-state index contributed by atoms with van der Waals surface area (Å²) in [5.41, 5.74) is 0.697. The van der Waals surface area contributed by atoms with E-state index in [1.165, 1.54) is 13.2 Å². The first-order valence-electron chi connectivity index (χ1n) is 5.93. The number of piperidine rings is 1. The average molecular weight is 258 g/mol. The Labute approximate surface area is 106 Å². The summed E-state index contributed by atoms with van der Waals surface area (Å²) in [4.78, 5) is 0. The Morgan fingerprint density at radius 2 is 2.12 bits per heavy atom. The van der Waals surface area contributed by atoms with Crippen molar-refractivity contribution in [3.8, 4) is 5.75 Å². The first-order chi connectivity index (χ1) is 8.20. The molecule has 1 saturated heterocycles. The van der Waals surface area contributed by atoms with Crippen molar-refractivity contribution in [3.63, 3.8) is 0 Å². The van der Waals surface area contributed by atoms with Crippen molar-refractivity contribution in [2.45, 2.75) is 19.3 Å². The fourth-order valence-electron chi connectivity index (χ4n) is 2.28. The number of benzene rings is 1. The van der Waals surface area contributed by atoms with Crippen LogP contribution in [-0.4, -0.2) is 20.2 Å². The van der Waals surface area contributed by atoms with Gasteiger partial charge in [-0.3, -0.25) is 0 Å². The number of ether oxygens (including phenoxy) is 1. The van der Waals surface area contributed by atoms with Crippen molar-refractivity contribution >= 4 is 11.6 Å². The number of methoxy groups -OCH3 is 1. The van der Waals surface area contributed by atoms with Gasteiger partial charge in [0.2, 0.25) is 0 Å². The Morgan fingerprint density at radius 1 is 1.41 bits per heavy atom. The molecule has 1 aliphatic rings. The number of hydrogen-bond donors (Lipinski definition) is 1. The summed E-state index contributed by atoms with van der Waals surface area (Å²) < 4.78 is 18.8. The van der Waals surface area contributed by atoms with Crippen LogP contribution < -0.4 is 10.1 Å². The Bertz CT molecular complexity index is 391. The lowest BCUT2D eigenvalue weighted by Crippen LogP contribution is -2.28. The van der Waals surface area contributed by atoms with Crippen molar-refractivity contribution in [3.05, 3.63) is 28.5 Å². The summed E-state index contributed by atoms with van der Waals surface area (Å²) in [5, 5.41) is 3.79. The summed E-state index contributed by atoms with van der Waals surface area (Å²) in [6.45, 7) is 2.05. The first kappa shape index (κ1) is 12.7. The van der Waals surface area contributed by atoms with Crippen molar-refractivity contribution in [2.24, 2.45) is 5.92 Å². The van der Waals surface area contributed by atoms with Crippen LogP contribution in [-0.2, 0) is 6.42 Å². The largest absolute Gasteiger partial charge is 0.495 e. The van der Waals surface area contributed by atoms with Gasteiger partial charge in [0.05, 0.1) is 12.1 Å². The lowest BCUT2D eigenvalue weighted by molar-refractivity contribution is 0.367. The fourth-order valence-corrected chi connectivity index (χ4v) is 2.54. The maximum absolute atomic E-state index is 13.8. The van der Waals surface area contributed by atoms with Gasteiger partial charge in [-0.05, 0) is 49.9 Å². The van der Waals surface area contributed by atoms with E-state index in [1.807, 2.05) is 0 Å². The Kier molecular flexibility index (Phi) is 4.24. The minimum atomic E-state index is -0.218. The van der Waals surface area contributed by atoms with Crippen molar-refractivity contribution < 1.29 is 9.13 Å². The van der Waals surface area contributed by atoms with Gasteiger partial charge in [-0.15, -0.1) is 0 Å². The molecule has 2 rings (SSSR count). The van der Waals surface area contributed by atoms with Gasteiger partial charge in [0, 0.05) is 6.07 Å². The van der Waals surface area contributed by atoms with E-state index in [9.17, 15) is 4.39 Å². The van der Waals surface area contributed by atoms with Crippen LogP contribution in [0, 0.1) is 11.7 Å². The molecule has 1 aromatic carbocycles. The molecule has 0 radical (unpaired) electrons. The average Bonchev–Trinajstić information content (AvgIpc) is 2.34. The van der Waals surface area contributed by atoms with E-state index in [0.29, 0.717) is 22.3 Å². The van der Waals surface area contributed by atoms with Gasteiger partial charge < -0.3 is 10.1 Å². The third-order valence-corrected chi connectivity index (χ3v) is 3.58. The second kappa shape index (κ2) is 5.69. The van der Waals surface area contributed by atoms with Gasteiger partial charge in [-0.2, -0.15) is 0 Å². The molecule has 0 unspecified atom stereocenters. The van der Waals surface area contributed by atoms with Crippen LogP contribution in [0.5, 0.6) is 5.75 Å². The molecule has 94 valence electrons. The van der Waals surface area contributed by atoms with Crippen LogP contribution in [0.3, 0.4) is 0 Å². The summed E-state index contributed by atoms with van der Waals surface area (Å²) >= 11 is 6.02. The topological polar surface area (TPSA) is 21.3 Å². The molecule has 0 spiro atoms. The third-order valence-electron chi connectivity index (χ3n) is 3.29. The Hall–Kier alpha value is -0.800. The molecule has 2 nitrogen and oxygen atoms in total. The summed E-state index contributed by atoms with van der Waals surface area (Å²) in [6.07, 6.45) is 2.96. The third kappa shape index (κ3) is 3.11. The lowest BCUT2D eigenvalue weighted by Gasteiger charge is -2.23. The van der Waals surface area contributed by atoms with Crippen LogP contribution in [0.2, 0.25) is 5.02 Å². The zero-order chi connectivity index (χ0) is 12.3. The van der Waals surface area contributed by atoms with Crippen molar-refractivity contribution in [1.82, 2.24) is 5.32 Å². The summed E-state index contributed by atoms with van der Waals surface area (Å²) in [7, 11) is 1.49. The maximum atomic E-state index is 13.8. The van der Waals surface area contributed by atoms with E-state index in [4.69, 9.17) is 16.3 Å². The summed E-state index contributed by atoms with van der Waals surface area (Å²) in [6, 6.07) is 3.07. The second-order valence-corrected chi connectivity index (χ2v) is 4.88. The molecule has 1 heterocycles. The molecule has 0 atom stereocenters. The van der Waals surface area contributed by atoms with Gasteiger partial charge in [-0.25, -0.2) is 4.39 Å². The predicted octanol–water partition coefficient (Wildman–Crippen LogP) is 3.03. The van der Waals surface area contributed by atoms with Crippen LogP contribution in [0.1, 0.15) is 18.4 Å².